The molecule has 154 valence electrons. The lowest BCUT2D eigenvalue weighted by molar-refractivity contribution is -0.125. The number of carbonyl (C=O) groups is 1. The number of ether oxygens (including phenoxy) is 1. The molecule has 1 aliphatic heterocycles. The Morgan fingerprint density at radius 2 is 2.13 bits per heavy atom. The van der Waals surface area contributed by atoms with Gasteiger partial charge in [-0.15, -0.1) is 5.10 Å². The van der Waals surface area contributed by atoms with E-state index in [-0.39, 0.29) is 11.9 Å². The van der Waals surface area contributed by atoms with Crippen LogP contribution >= 0.6 is 23.2 Å². The van der Waals surface area contributed by atoms with Crippen LogP contribution in [0, 0.1) is 0 Å². The summed E-state index contributed by atoms with van der Waals surface area (Å²) in [6.07, 6.45) is 1.04. The summed E-state index contributed by atoms with van der Waals surface area (Å²) >= 11 is 12.1. The van der Waals surface area contributed by atoms with Crippen LogP contribution in [0.1, 0.15) is 17.5 Å². The zero-order valence-electron chi connectivity index (χ0n) is 15.9. The van der Waals surface area contributed by atoms with Crippen molar-refractivity contribution in [3.63, 3.8) is 0 Å². The first kappa shape index (κ1) is 20.2. The maximum Gasteiger partial charge on any atom is 0.271 e. The molecule has 1 amide bonds. The highest BCUT2D eigenvalue weighted by Gasteiger charge is 2.30. The molecule has 3 aromatic rings. The number of nitrogens with zero attached hydrogens (tertiary/aromatic N) is 4. The van der Waals surface area contributed by atoms with Crippen molar-refractivity contribution in [3.8, 4) is 5.75 Å². The van der Waals surface area contributed by atoms with Crippen LogP contribution in [0.25, 0.3) is 0 Å². The molecule has 1 aliphatic rings. The maximum absolute atomic E-state index is 12.5. The van der Waals surface area contributed by atoms with E-state index in [0.717, 1.165) is 11.1 Å². The standard InChI is InChI=1S/C20H17Cl2N5O3/c1-29-17-5-3-2-4-14(17)16-9-18(30-26-16)19(28)24-20-23-11-27(25-20)10-12-6-7-13(21)8-15(12)22/h2-8,11,18H,9-10H2,1H3,(H,24,25,28)/t18-/m0/s1. The molecule has 0 aliphatic carbocycles. The molecule has 10 heteroatoms. The fourth-order valence-corrected chi connectivity index (χ4v) is 3.47. The van der Waals surface area contributed by atoms with Crippen molar-refractivity contribution in [2.24, 2.45) is 5.16 Å². The van der Waals surface area contributed by atoms with Crippen LogP contribution in [-0.2, 0) is 16.2 Å². The highest BCUT2D eigenvalue weighted by Crippen LogP contribution is 2.25. The van der Waals surface area contributed by atoms with Crippen molar-refractivity contribution >= 4 is 40.8 Å². The lowest BCUT2D eigenvalue weighted by atomic mass is 10.0. The van der Waals surface area contributed by atoms with E-state index in [1.165, 1.54) is 6.33 Å². The Bertz CT molecular complexity index is 1120. The van der Waals surface area contributed by atoms with Crippen molar-refractivity contribution in [1.82, 2.24) is 14.8 Å². The summed E-state index contributed by atoms with van der Waals surface area (Å²) in [5.41, 5.74) is 2.26. The number of para-hydroxylation sites is 1. The van der Waals surface area contributed by atoms with E-state index >= 15 is 0 Å². The minimum Gasteiger partial charge on any atom is -0.496 e. The third kappa shape index (κ3) is 4.39. The molecule has 0 spiro atoms. The third-order valence-electron chi connectivity index (χ3n) is 4.50. The minimum atomic E-state index is -0.775. The lowest BCUT2D eigenvalue weighted by Crippen LogP contribution is -2.28. The molecule has 0 unspecified atom stereocenters. The number of rotatable bonds is 6. The molecule has 2 heterocycles. The van der Waals surface area contributed by atoms with E-state index in [1.807, 2.05) is 30.3 Å². The third-order valence-corrected chi connectivity index (χ3v) is 5.09. The Morgan fingerprint density at radius 1 is 1.30 bits per heavy atom. The molecule has 30 heavy (non-hydrogen) atoms. The van der Waals surface area contributed by atoms with Crippen LogP contribution in [0.2, 0.25) is 10.0 Å². The molecule has 1 atom stereocenters. The molecule has 0 saturated heterocycles. The predicted octanol–water partition coefficient (Wildman–Crippen LogP) is 3.77. The highest BCUT2D eigenvalue weighted by atomic mass is 35.5. The normalized spacial score (nSPS) is 15.4. The lowest BCUT2D eigenvalue weighted by Gasteiger charge is -2.08. The molecule has 0 bridgehead atoms. The number of halogens is 2. The molecular weight excluding hydrogens is 429 g/mol. The minimum absolute atomic E-state index is 0.166. The molecule has 0 saturated carbocycles. The van der Waals surface area contributed by atoms with Crippen LogP contribution in [0.4, 0.5) is 5.95 Å². The van der Waals surface area contributed by atoms with Gasteiger partial charge in [0.25, 0.3) is 5.91 Å². The number of oxime groups is 1. The Hall–Kier alpha value is -3.10. The fraction of sp³-hybridized carbons (Fsp3) is 0.200. The van der Waals surface area contributed by atoms with Gasteiger partial charge in [0.15, 0.2) is 0 Å². The first-order valence-electron chi connectivity index (χ1n) is 9.04. The first-order valence-corrected chi connectivity index (χ1v) is 9.79. The number of methoxy groups -OCH3 is 1. The number of nitrogens with one attached hydrogen (secondary N) is 1. The average molecular weight is 446 g/mol. The van der Waals surface area contributed by atoms with Gasteiger partial charge in [-0.25, -0.2) is 9.67 Å². The van der Waals surface area contributed by atoms with Crippen LogP contribution in [0.15, 0.2) is 53.9 Å². The quantitative estimate of drug-likeness (QED) is 0.623. The largest absolute Gasteiger partial charge is 0.496 e. The number of aromatic nitrogens is 3. The molecule has 0 fully saturated rings. The van der Waals surface area contributed by atoms with Crippen LogP contribution in [0.5, 0.6) is 5.75 Å². The summed E-state index contributed by atoms with van der Waals surface area (Å²) in [7, 11) is 1.58. The average Bonchev–Trinajstić information content (AvgIpc) is 3.40. The van der Waals surface area contributed by atoms with Gasteiger partial charge in [-0.3, -0.25) is 10.1 Å². The van der Waals surface area contributed by atoms with Gasteiger partial charge in [0, 0.05) is 22.0 Å². The molecule has 2 aromatic carbocycles. The summed E-state index contributed by atoms with van der Waals surface area (Å²) in [6, 6.07) is 12.7. The number of benzene rings is 2. The Kier molecular flexibility index (Phi) is 5.87. The van der Waals surface area contributed by atoms with Gasteiger partial charge in [0.05, 0.1) is 19.4 Å². The van der Waals surface area contributed by atoms with E-state index in [0.29, 0.717) is 34.5 Å². The smallest absolute Gasteiger partial charge is 0.271 e. The number of amides is 1. The van der Waals surface area contributed by atoms with E-state index in [1.54, 1.807) is 23.9 Å². The summed E-state index contributed by atoms with van der Waals surface area (Å²) in [5, 5.41) is 12.0. The van der Waals surface area contributed by atoms with Gasteiger partial charge in [-0.2, -0.15) is 0 Å². The Labute approximate surface area is 182 Å². The van der Waals surface area contributed by atoms with E-state index < -0.39 is 6.10 Å². The van der Waals surface area contributed by atoms with Gasteiger partial charge < -0.3 is 9.57 Å². The second kappa shape index (κ2) is 8.73. The second-order valence-electron chi connectivity index (χ2n) is 6.53. The fourth-order valence-electron chi connectivity index (χ4n) is 3.00. The van der Waals surface area contributed by atoms with Gasteiger partial charge in [-0.05, 0) is 29.8 Å². The number of hydrogen-bond donors (Lipinski definition) is 1. The van der Waals surface area contributed by atoms with Crippen molar-refractivity contribution in [1.29, 1.82) is 0 Å². The zero-order valence-corrected chi connectivity index (χ0v) is 17.4. The molecule has 1 aromatic heterocycles. The van der Waals surface area contributed by atoms with Crippen molar-refractivity contribution in [2.45, 2.75) is 19.1 Å². The van der Waals surface area contributed by atoms with Gasteiger partial charge in [0.2, 0.25) is 12.1 Å². The van der Waals surface area contributed by atoms with Crippen molar-refractivity contribution in [3.05, 3.63) is 70.0 Å². The van der Waals surface area contributed by atoms with Crippen molar-refractivity contribution in [2.75, 3.05) is 12.4 Å². The van der Waals surface area contributed by atoms with E-state index in [2.05, 4.69) is 20.6 Å². The first-order chi connectivity index (χ1) is 14.5. The second-order valence-corrected chi connectivity index (χ2v) is 7.37. The molecule has 8 nitrogen and oxygen atoms in total. The summed E-state index contributed by atoms with van der Waals surface area (Å²) in [4.78, 5) is 22.0. The molecule has 4 rings (SSSR count). The number of carbonyl (C=O) groups excluding carboxylic acids is 1. The van der Waals surface area contributed by atoms with Gasteiger partial charge >= 0.3 is 0 Å². The van der Waals surface area contributed by atoms with Gasteiger partial charge in [-0.1, -0.05) is 46.6 Å². The zero-order chi connectivity index (χ0) is 21.1. The van der Waals surface area contributed by atoms with Gasteiger partial charge in [0.1, 0.15) is 12.1 Å². The SMILES string of the molecule is COc1ccccc1C1=NO[C@H](C(=O)Nc2ncn(Cc3ccc(Cl)cc3Cl)n2)C1. The maximum atomic E-state index is 12.5. The Morgan fingerprint density at radius 3 is 2.93 bits per heavy atom. The van der Waals surface area contributed by atoms with E-state index in [4.69, 9.17) is 32.8 Å². The predicted molar refractivity (Wildman–Crippen MR) is 113 cm³/mol. The summed E-state index contributed by atoms with van der Waals surface area (Å²) in [5.74, 6) is 0.451. The van der Waals surface area contributed by atoms with Crippen LogP contribution in [0.3, 0.4) is 0 Å². The van der Waals surface area contributed by atoms with Crippen LogP contribution < -0.4 is 10.1 Å². The van der Waals surface area contributed by atoms with Crippen molar-refractivity contribution < 1.29 is 14.4 Å². The molecule has 1 N–H and O–H groups in total. The number of anilines is 1. The topological polar surface area (TPSA) is 90.6 Å². The molecular formula is C20H17Cl2N5O3. The highest BCUT2D eigenvalue weighted by molar-refractivity contribution is 6.35. The number of hydrogen-bond acceptors (Lipinski definition) is 6. The Balaban J connectivity index is 1.37. The van der Waals surface area contributed by atoms with Crippen LogP contribution in [-0.4, -0.2) is 39.6 Å². The molecule has 0 radical (unpaired) electrons. The summed E-state index contributed by atoms with van der Waals surface area (Å²) < 4.78 is 6.91. The van der Waals surface area contributed by atoms with E-state index in [9.17, 15) is 4.79 Å². The monoisotopic (exact) mass is 445 g/mol. The summed E-state index contributed by atoms with van der Waals surface area (Å²) in [6.45, 7) is 0.389.